The second-order valence-electron chi connectivity index (χ2n) is 7.11. The Morgan fingerprint density at radius 3 is 2.28 bits per heavy atom. The van der Waals surface area contributed by atoms with Gasteiger partial charge in [-0.25, -0.2) is 8.78 Å². The first-order valence-electron chi connectivity index (χ1n) is 10.00. The maximum absolute atomic E-state index is 14.0. The molecule has 156 valence electrons. The maximum Gasteiger partial charge on any atom is 0.131 e. The fraction of sp³-hybridized carbons (Fsp3) is 0.409. The van der Waals surface area contributed by atoms with E-state index in [2.05, 4.69) is 15.6 Å². The Bertz CT molecular complexity index is 909. The van der Waals surface area contributed by atoms with Crippen molar-refractivity contribution in [1.82, 2.24) is 0 Å². The van der Waals surface area contributed by atoms with E-state index >= 15 is 0 Å². The summed E-state index contributed by atoms with van der Waals surface area (Å²) in [5.41, 5.74) is 1.70. The van der Waals surface area contributed by atoms with Crippen LogP contribution in [-0.2, 0) is 6.54 Å². The quantitative estimate of drug-likeness (QED) is 0.509. The Morgan fingerprint density at radius 1 is 0.966 bits per heavy atom. The third-order valence-electron chi connectivity index (χ3n) is 5.27. The number of halogens is 4. The normalized spacial score (nSPS) is 18.3. The van der Waals surface area contributed by atoms with Crippen LogP contribution in [0.3, 0.4) is 0 Å². The molecule has 7 heteroatoms. The molecule has 3 nitrogen and oxygen atoms in total. The molecule has 0 saturated heterocycles. The van der Waals surface area contributed by atoms with Gasteiger partial charge in [-0.05, 0) is 31.0 Å². The van der Waals surface area contributed by atoms with Crippen LogP contribution in [0.25, 0.3) is 0 Å². The predicted octanol–water partition coefficient (Wildman–Crippen LogP) is 7.44. The molecular weight excluding hydrogens is 415 g/mol. The van der Waals surface area contributed by atoms with E-state index in [1.807, 2.05) is 19.9 Å². The fourth-order valence-electron chi connectivity index (χ4n) is 3.84. The SMILES string of the molecule is CC.Fc1ccc(CN=C2Nc3cc(Cl)c(Cl)cc3NC23CCCCC3)c(F)c1. The zero-order chi connectivity index (χ0) is 21.0. The van der Waals surface area contributed by atoms with Crippen molar-refractivity contribution in [3.05, 3.63) is 57.6 Å². The molecule has 1 spiro atoms. The summed E-state index contributed by atoms with van der Waals surface area (Å²) < 4.78 is 27.1. The van der Waals surface area contributed by atoms with E-state index < -0.39 is 11.6 Å². The number of nitrogens with zero attached hydrogens (tertiary/aromatic N) is 1. The number of fused-ring (bicyclic) bond motifs is 1. The van der Waals surface area contributed by atoms with Crippen LogP contribution in [0, 0.1) is 11.6 Å². The molecule has 2 aromatic rings. The molecule has 0 amide bonds. The van der Waals surface area contributed by atoms with E-state index in [1.165, 1.54) is 18.6 Å². The van der Waals surface area contributed by atoms with Crippen LogP contribution in [0.15, 0.2) is 35.3 Å². The van der Waals surface area contributed by atoms with Gasteiger partial charge in [-0.1, -0.05) is 62.4 Å². The number of benzene rings is 2. The van der Waals surface area contributed by atoms with Gasteiger partial charge in [0.05, 0.1) is 33.5 Å². The first-order valence-corrected chi connectivity index (χ1v) is 10.8. The maximum atomic E-state index is 14.0. The highest BCUT2D eigenvalue weighted by Crippen LogP contribution is 2.42. The van der Waals surface area contributed by atoms with Gasteiger partial charge in [-0.2, -0.15) is 0 Å². The zero-order valence-corrected chi connectivity index (χ0v) is 18.1. The van der Waals surface area contributed by atoms with Gasteiger partial charge in [0.2, 0.25) is 0 Å². The number of hydrogen-bond donors (Lipinski definition) is 2. The number of anilines is 2. The Hall–Kier alpha value is -1.85. The molecule has 1 fully saturated rings. The summed E-state index contributed by atoms with van der Waals surface area (Å²) in [4.78, 5) is 4.68. The van der Waals surface area contributed by atoms with Crippen LogP contribution in [0.2, 0.25) is 10.0 Å². The van der Waals surface area contributed by atoms with Gasteiger partial charge in [0.15, 0.2) is 0 Å². The Morgan fingerprint density at radius 2 is 1.62 bits per heavy atom. The van der Waals surface area contributed by atoms with Gasteiger partial charge in [-0.3, -0.25) is 4.99 Å². The monoisotopic (exact) mass is 439 g/mol. The van der Waals surface area contributed by atoms with Gasteiger partial charge in [0.25, 0.3) is 0 Å². The van der Waals surface area contributed by atoms with Crippen LogP contribution >= 0.6 is 23.2 Å². The van der Waals surface area contributed by atoms with Crippen LogP contribution in [-0.4, -0.2) is 11.4 Å². The fourth-order valence-corrected chi connectivity index (χ4v) is 4.17. The lowest BCUT2D eigenvalue weighted by Gasteiger charge is -2.44. The molecule has 1 aliphatic carbocycles. The summed E-state index contributed by atoms with van der Waals surface area (Å²) in [6.07, 6.45) is 5.18. The van der Waals surface area contributed by atoms with Crippen LogP contribution in [0.1, 0.15) is 51.5 Å². The summed E-state index contributed by atoms with van der Waals surface area (Å²) in [5, 5.41) is 7.92. The van der Waals surface area contributed by atoms with Crippen molar-refractivity contribution in [2.24, 2.45) is 4.99 Å². The molecule has 2 aromatic carbocycles. The molecule has 0 radical (unpaired) electrons. The minimum absolute atomic E-state index is 0.133. The number of amidine groups is 1. The molecule has 2 aliphatic rings. The molecule has 0 unspecified atom stereocenters. The first kappa shape index (κ1) is 21.8. The molecule has 2 N–H and O–H groups in total. The summed E-state index contributed by atoms with van der Waals surface area (Å²) >= 11 is 12.3. The van der Waals surface area contributed by atoms with Crippen LogP contribution in [0.5, 0.6) is 0 Å². The number of hydrogen-bond acceptors (Lipinski definition) is 2. The number of nitrogens with one attached hydrogen (secondary N) is 2. The van der Waals surface area contributed by atoms with E-state index in [0.717, 1.165) is 49.0 Å². The predicted molar refractivity (Wildman–Crippen MR) is 118 cm³/mol. The van der Waals surface area contributed by atoms with Crippen molar-refractivity contribution in [2.45, 2.75) is 58.0 Å². The highest BCUT2D eigenvalue weighted by atomic mass is 35.5. The second-order valence-corrected chi connectivity index (χ2v) is 7.92. The standard InChI is InChI=1S/C20H19Cl2F2N3.C2H6/c21-14-9-17-18(10-15(14)22)27-20(6-2-1-3-7-20)19(26-17)25-11-12-4-5-13(23)8-16(12)24;1-2/h4-5,8-10,27H,1-3,6-7,11H2,(H,25,26);1-2H3. The number of rotatable bonds is 2. The summed E-state index contributed by atoms with van der Waals surface area (Å²) in [6, 6.07) is 7.14. The average molecular weight is 440 g/mol. The van der Waals surface area contributed by atoms with E-state index in [0.29, 0.717) is 15.6 Å². The topological polar surface area (TPSA) is 36.4 Å². The number of aliphatic imine (C=N–C) groups is 1. The largest absolute Gasteiger partial charge is 0.371 e. The lowest BCUT2D eigenvalue weighted by Crippen LogP contribution is -2.53. The van der Waals surface area contributed by atoms with Crippen molar-refractivity contribution in [1.29, 1.82) is 0 Å². The summed E-state index contributed by atoms with van der Waals surface area (Å²) in [5.74, 6) is -0.418. The van der Waals surface area contributed by atoms with E-state index in [1.54, 1.807) is 6.07 Å². The van der Waals surface area contributed by atoms with Crippen LogP contribution < -0.4 is 10.6 Å². The van der Waals surface area contributed by atoms with Crippen molar-refractivity contribution < 1.29 is 8.78 Å². The van der Waals surface area contributed by atoms with Crippen molar-refractivity contribution in [3.63, 3.8) is 0 Å². The summed E-state index contributed by atoms with van der Waals surface area (Å²) in [7, 11) is 0. The first-order chi connectivity index (χ1) is 14.0. The van der Waals surface area contributed by atoms with Crippen molar-refractivity contribution in [3.8, 4) is 0 Å². The Kier molecular flexibility index (Phi) is 7.01. The van der Waals surface area contributed by atoms with E-state index in [9.17, 15) is 8.78 Å². The molecule has 29 heavy (non-hydrogen) atoms. The molecule has 1 heterocycles. The lowest BCUT2D eigenvalue weighted by molar-refractivity contribution is 0.402. The molecule has 0 aromatic heterocycles. The van der Waals surface area contributed by atoms with E-state index in [4.69, 9.17) is 23.2 Å². The molecule has 0 bridgehead atoms. The lowest BCUT2D eigenvalue weighted by atomic mass is 9.79. The average Bonchev–Trinajstić information content (AvgIpc) is 2.71. The van der Waals surface area contributed by atoms with Gasteiger partial charge < -0.3 is 10.6 Å². The van der Waals surface area contributed by atoms with E-state index in [-0.39, 0.29) is 12.1 Å². The van der Waals surface area contributed by atoms with Gasteiger partial charge >= 0.3 is 0 Å². The smallest absolute Gasteiger partial charge is 0.131 e. The Labute approximate surface area is 180 Å². The van der Waals surface area contributed by atoms with Gasteiger partial charge in [0.1, 0.15) is 17.5 Å². The summed E-state index contributed by atoms with van der Waals surface area (Å²) in [6.45, 7) is 4.13. The second kappa shape index (κ2) is 9.31. The zero-order valence-electron chi connectivity index (χ0n) is 16.6. The molecule has 1 aliphatic heterocycles. The van der Waals surface area contributed by atoms with Gasteiger partial charge in [-0.15, -0.1) is 0 Å². The van der Waals surface area contributed by atoms with Gasteiger partial charge in [0, 0.05) is 11.6 Å². The third-order valence-corrected chi connectivity index (χ3v) is 5.99. The molecular formula is C22H25Cl2F2N3. The van der Waals surface area contributed by atoms with Crippen molar-refractivity contribution >= 4 is 40.4 Å². The third kappa shape index (κ3) is 4.67. The molecule has 4 rings (SSSR count). The molecule has 1 saturated carbocycles. The highest BCUT2D eigenvalue weighted by Gasteiger charge is 2.41. The van der Waals surface area contributed by atoms with Crippen LogP contribution in [0.4, 0.5) is 20.2 Å². The van der Waals surface area contributed by atoms with Crippen molar-refractivity contribution in [2.75, 3.05) is 10.6 Å². The molecule has 0 atom stereocenters. The highest BCUT2D eigenvalue weighted by molar-refractivity contribution is 6.42. The minimum atomic E-state index is -0.592. The minimum Gasteiger partial charge on any atom is -0.371 e. The Balaban J connectivity index is 0.00000117.